The number of hydrogen-bond donors (Lipinski definition) is 1. The molecule has 0 fully saturated rings. The molecule has 0 saturated heterocycles. The van der Waals surface area contributed by atoms with Gasteiger partial charge in [-0.1, -0.05) is 18.2 Å². The summed E-state index contributed by atoms with van der Waals surface area (Å²) in [6.45, 7) is 3.74. The number of nitrogens with one attached hydrogen (secondary N) is 1. The van der Waals surface area contributed by atoms with E-state index in [4.69, 9.17) is 0 Å². The lowest BCUT2D eigenvalue weighted by atomic mass is 10.1. The quantitative estimate of drug-likeness (QED) is 0.645. The highest BCUT2D eigenvalue weighted by atomic mass is 14.7. The zero-order chi connectivity index (χ0) is 8.39. The first kappa shape index (κ1) is 7.17. The second-order valence-electron chi connectivity index (χ2n) is 2.85. The lowest BCUT2D eigenvalue weighted by Gasteiger charge is -1.97. The average molecular weight is 157 g/mol. The van der Waals surface area contributed by atoms with Gasteiger partial charge in [0.2, 0.25) is 0 Å². The monoisotopic (exact) mass is 157 g/mol. The standard InChI is InChI=1S/C11H11N/c1-2-4-9-5-3-6-11-10(9)7-8-12-11/h2-3,5-8,12H,1,4H2. The topological polar surface area (TPSA) is 15.8 Å². The molecule has 1 heterocycles. The Morgan fingerprint density at radius 2 is 2.25 bits per heavy atom. The third-order valence-electron chi connectivity index (χ3n) is 2.05. The maximum atomic E-state index is 3.74. The van der Waals surface area contributed by atoms with Crippen molar-refractivity contribution < 1.29 is 0 Å². The summed E-state index contributed by atoms with van der Waals surface area (Å²) in [5, 5.41) is 1.30. The summed E-state index contributed by atoms with van der Waals surface area (Å²) < 4.78 is 0. The molecule has 0 aliphatic heterocycles. The average Bonchev–Trinajstić information content (AvgIpc) is 2.53. The summed E-state index contributed by atoms with van der Waals surface area (Å²) in [7, 11) is 0. The van der Waals surface area contributed by atoms with Crippen molar-refractivity contribution in [1.82, 2.24) is 4.98 Å². The van der Waals surface area contributed by atoms with Crippen molar-refractivity contribution in [3.05, 3.63) is 48.7 Å². The second-order valence-corrected chi connectivity index (χ2v) is 2.85. The van der Waals surface area contributed by atoms with Gasteiger partial charge in [0.05, 0.1) is 0 Å². The number of aromatic nitrogens is 1. The Kier molecular flexibility index (Phi) is 1.71. The van der Waals surface area contributed by atoms with Crippen LogP contribution in [0.2, 0.25) is 0 Å². The third-order valence-corrected chi connectivity index (χ3v) is 2.05. The fraction of sp³-hybridized carbons (Fsp3) is 0.0909. The molecule has 2 rings (SSSR count). The van der Waals surface area contributed by atoms with E-state index in [1.165, 1.54) is 16.5 Å². The number of hydrogen-bond acceptors (Lipinski definition) is 0. The molecule has 0 aliphatic carbocycles. The first-order valence-electron chi connectivity index (χ1n) is 4.07. The highest BCUT2D eigenvalue weighted by Crippen LogP contribution is 2.17. The van der Waals surface area contributed by atoms with Crippen molar-refractivity contribution in [3.8, 4) is 0 Å². The van der Waals surface area contributed by atoms with E-state index in [9.17, 15) is 0 Å². The second kappa shape index (κ2) is 2.86. The molecule has 1 heteroatoms. The highest BCUT2D eigenvalue weighted by molar-refractivity contribution is 5.82. The van der Waals surface area contributed by atoms with Crippen molar-refractivity contribution >= 4 is 10.9 Å². The van der Waals surface area contributed by atoms with Gasteiger partial charge in [-0.3, -0.25) is 0 Å². The molecule has 0 atom stereocenters. The van der Waals surface area contributed by atoms with Crippen LogP contribution in [0.4, 0.5) is 0 Å². The SMILES string of the molecule is C=CCc1cccc2[nH]ccc12. The molecule has 0 aliphatic rings. The molecular formula is C11H11N. The van der Waals surface area contributed by atoms with E-state index < -0.39 is 0 Å². The van der Waals surface area contributed by atoms with E-state index in [1.54, 1.807) is 0 Å². The fourth-order valence-corrected chi connectivity index (χ4v) is 1.48. The molecule has 1 nitrogen and oxygen atoms in total. The third kappa shape index (κ3) is 1.03. The number of allylic oxidation sites excluding steroid dienone is 1. The molecule has 0 unspecified atom stereocenters. The number of H-pyrrole nitrogens is 1. The van der Waals surface area contributed by atoms with Crippen LogP contribution in [-0.2, 0) is 6.42 Å². The fourth-order valence-electron chi connectivity index (χ4n) is 1.48. The largest absolute Gasteiger partial charge is 0.361 e. The van der Waals surface area contributed by atoms with Gasteiger partial charge in [-0.05, 0) is 24.1 Å². The zero-order valence-electron chi connectivity index (χ0n) is 6.88. The van der Waals surface area contributed by atoms with Crippen LogP contribution in [0.3, 0.4) is 0 Å². The highest BCUT2D eigenvalue weighted by Gasteiger charge is 1.97. The van der Waals surface area contributed by atoms with Crippen LogP contribution in [0.5, 0.6) is 0 Å². The smallest absolute Gasteiger partial charge is 0.0456 e. The van der Waals surface area contributed by atoms with Gasteiger partial charge in [-0.2, -0.15) is 0 Å². The first-order chi connectivity index (χ1) is 5.92. The Morgan fingerprint density at radius 3 is 3.08 bits per heavy atom. The molecule has 0 amide bonds. The lowest BCUT2D eigenvalue weighted by Crippen LogP contribution is -1.80. The van der Waals surface area contributed by atoms with Crippen molar-refractivity contribution in [3.63, 3.8) is 0 Å². The van der Waals surface area contributed by atoms with Gasteiger partial charge in [-0.15, -0.1) is 6.58 Å². The minimum absolute atomic E-state index is 0.940. The maximum absolute atomic E-state index is 3.74. The lowest BCUT2D eigenvalue weighted by molar-refractivity contribution is 1.31. The van der Waals surface area contributed by atoms with Crippen LogP contribution in [0, 0.1) is 0 Å². The number of rotatable bonds is 2. The van der Waals surface area contributed by atoms with E-state index in [0.29, 0.717) is 0 Å². The molecule has 1 aromatic carbocycles. The van der Waals surface area contributed by atoms with Gasteiger partial charge in [0.15, 0.2) is 0 Å². The van der Waals surface area contributed by atoms with Crippen LogP contribution in [0.15, 0.2) is 43.1 Å². The molecule has 12 heavy (non-hydrogen) atoms. The van der Waals surface area contributed by atoms with Gasteiger partial charge in [0, 0.05) is 17.1 Å². The summed E-state index contributed by atoms with van der Waals surface area (Å²) in [5.41, 5.74) is 2.54. The van der Waals surface area contributed by atoms with E-state index in [1.807, 2.05) is 12.3 Å². The van der Waals surface area contributed by atoms with Crippen molar-refractivity contribution in [2.45, 2.75) is 6.42 Å². The molecule has 2 aromatic rings. The Morgan fingerprint density at radius 1 is 1.33 bits per heavy atom. The van der Waals surface area contributed by atoms with Crippen LogP contribution in [0.25, 0.3) is 10.9 Å². The molecule has 0 bridgehead atoms. The predicted molar refractivity (Wildman–Crippen MR) is 52.2 cm³/mol. The van der Waals surface area contributed by atoms with Gasteiger partial charge in [0.25, 0.3) is 0 Å². The van der Waals surface area contributed by atoms with Crippen LogP contribution in [0.1, 0.15) is 5.56 Å². The molecule has 0 radical (unpaired) electrons. The van der Waals surface area contributed by atoms with Crippen LogP contribution in [-0.4, -0.2) is 4.98 Å². The van der Waals surface area contributed by atoms with Crippen molar-refractivity contribution in [2.75, 3.05) is 0 Å². The number of benzene rings is 1. The summed E-state index contributed by atoms with van der Waals surface area (Å²) in [6, 6.07) is 8.39. The Bertz CT molecular complexity index is 398. The number of fused-ring (bicyclic) bond motifs is 1. The Balaban J connectivity index is 2.65. The Labute approximate surface area is 71.7 Å². The zero-order valence-corrected chi connectivity index (χ0v) is 6.88. The van der Waals surface area contributed by atoms with Crippen molar-refractivity contribution in [1.29, 1.82) is 0 Å². The van der Waals surface area contributed by atoms with Crippen LogP contribution < -0.4 is 0 Å². The van der Waals surface area contributed by atoms with Gasteiger partial charge >= 0.3 is 0 Å². The van der Waals surface area contributed by atoms with Crippen molar-refractivity contribution in [2.24, 2.45) is 0 Å². The molecule has 0 spiro atoms. The normalized spacial score (nSPS) is 10.3. The molecule has 1 N–H and O–H groups in total. The molecule has 1 aromatic heterocycles. The molecular weight excluding hydrogens is 146 g/mol. The summed E-state index contributed by atoms with van der Waals surface area (Å²) >= 11 is 0. The molecule has 60 valence electrons. The maximum Gasteiger partial charge on any atom is 0.0456 e. The van der Waals surface area contributed by atoms with Gasteiger partial charge < -0.3 is 4.98 Å². The minimum atomic E-state index is 0.940. The first-order valence-corrected chi connectivity index (χ1v) is 4.07. The van der Waals surface area contributed by atoms with Gasteiger partial charge in [-0.25, -0.2) is 0 Å². The summed E-state index contributed by atoms with van der Waals surface area (Å²) in [6.07, 6.45) is 4.84. The molecule has 0 saturated carbocycles. The van der Waals surface area contributed by atoms with E-state index >= 15 is 0 Å². The summed E-state index contributed by atoms with van der Waals surface area (Å²) in [4.78, 5) is 3.18. The van der Waals surface area contributed by atoms with E-state index in [-0.39, 0.29) is 0 Å². The van der Waals surface area contributed by atoms with E-state index in [2.05, 4.69) is 35.8 Å². The number of aromatic amines is 1. The van der Waals surface area contributed by atoms with E-state index in [0.717, 1.165) is 6.42 Å². The minimum Gasteiger partial charge on any atom is -0.361 e. The predicted octanol–water partition coefficient (Wildman–Crippen LogP) is 2.90. The Hall–Kier alpha value is -1.50. The van der Waals surface area contributed by atoms with Crippen LogP contribution >= 0.6 is 0 Å². The summed E-state index contributed by atoms with van der Waals surface area (Å²) in [5.74, 6) is 0. The van der Waals surface area contributed by atoms with Gasteiger partial charge in [0.1, 0.15) is 0 Å².